The first-order valence-electron chi connectivity index (χ1n) is 11.6. The minimum absolute atomic E-state index is 0.0229. The third kappa shape index (κ3) is 4.62. The molecule has 1 saturated heterocycles. The lowest BCUT2D eigenvalue weighted by atomic mass is 9.90. The number of benzene rings is 3. The second-order valence-corrected chi connectivity index (χ2v) is 8.76. The Balaban J connectivity index is 1.21. The third-order valence-corrected chi connectivity index (χ3v) is 6.59. The minimum Gasteiger partial charge on any atom is -0.497 e. The van der Waals surface area contributed by atoms with Crippen molar-refractivity contribution in [1.82, 2.24) is 4.90 Å². The summed E-state index contributed by atoms with van der Waals surface area (Å²) in [6.07, 6.45) is 3.06. The molecule has 6 nitrogen and oxygen atoms in total. The Kier molecular flexibility index (Phi) is 6.21. The fourth-order valence-electron chi connectivity index (χ4n) is 4.68. The first-order chi connectivity index (χ1) is 16.6. The maximum absolute atomic E-state index is 12.7. The van der Waals surface area contributed by atoms with Crippen LogP contribution in [-0.4, -0.2) is 37.6 Å². The molecule has 6 heteroatoms. The van der Waals surface area contributed by atoms with Crippen LogP contribution in [0.1, 0.15) is 18.4 Å². The molecule has 0 aliphatic carbocycles. The van der Waals surface area contributed by atoms with Crippen molar-refractivity contribution in [2.24, 2.45) is 5.92 Å². The topological polar surface area (TPSA) is 69.0 Å². The van der Waals surface area contributed by atoms with Crippen LogP contribution in [0.15, 0.2) is 75.9 Å². The second-order valence-electron chi connectivity index (χ2n) is 8.76. The zero-order valence-corrected chi connectivity index (χ0v) is 19.2. The Labute approximate surface area is 197 Å². The average Bonchev–Trinajstić information content (AvgIpc) is 2.88. The van der Waals surface area contributed by atoms with Crippen molar-refractivity contribution in [3.8, 4) is 11.5 Å². The number of fused-ring (bicyclic) bond motifs is 3. The van der Waals surface area contributed by atoms with E-state index in [2.05, 4.69) is 24.3 Å². The molecule has 0 radical (unpaired) electrons. The lowest BCUT2D eigenvalue weighted by molar-refractivity contribution is -0.134. The van der Waals surface area contributed by atoms with Gasteiger partial charge in [0.2, 0.25) is 0 Å². The number of hydrogen-bond donors (Lipinski definition) is 0. The summed E-state index contributed by atoms with van der Waals surface area (Å²) in [6.45, 7) is 1.47. The molecular weight excluding hydrogens is 430 g/mol. The summed E-state index contributed by atoms with van der Waals surface area (Å²) in [7, 11) is 1.56. The number of likely N-dealkylation sites (tertiary alicyclic amines) is 1. The smallest absolute Gasteiger partial charge is 0.344 e. The molecule has 0 atom stereocenters. The summed E-state index contributed by atoms with van der Waals surface area (Å²) in [5.41, 5.74) is 1.34. The van der Waals surface area contributed by atoms with Gasteiger partial charge in [-0.25, -0.2) is 4.79 Å². The van der Waals surface area contributed by atoms with Crippen LogP contribution in [0.25, 0.3) is 21.7 Å². The molecule has 5 rings (SSSR count). The van der Waals surface area contributed by atoms with E-state index in [1.54, 1.807) is 25.3 Å². The zero-order valence-electron chi connectivity index (χ0n) is 19.2. The van der Waals surface area contributed by atoms with E-state index >= 15 is 0 Å². The van der Waals surface area contributed by atoms with Gasteiger partial charge in [0.25, 0.3) is 5.91 Å². The Bertz CT molecular complexity index is 1370. The number of hydrogen-bond acceptors (Lipinski definition) is 5. The van der Waals surface area contributed by atoms with Gasteiger partial charge in [-0.2, -0.15) is 0 Å². The molecule has 1 fully saturated rings. The van der Waals surface area contributed by atoms with E-state index in [0.717, 1.165) is 43.1 Å². The fourth-order valence-corrected chi connectivity index (χ4v) is 4.68. The third-order valence-electron chi connectivity index (χ3n) is 6.59. The second kappa shape index (κ2) is 9.59. The van der Waals surface area contributed by atoms with E-state index in [0.29, 0.717) is 28.4 Å². The van der Waals surface area contributed by atoms with E-state index in [1.165, 1.54) is 5.56 Å². The summed E-state index contributed by atoms with van der Waals surface area (Å²) >= 11 is 0. The lowest BCUT2D eigenvalue weighted by Gasteiger charge is -2.32. The lowest BCUT2D eigenvalue weighted by Crippen LogP contribution is -2.41. The van der Waals surface area contributed by atoms with Gasteiger partial charge in [0.15, 0.2) is 6.61 Å². The molecule has 1 aliphatic rings. The highest BCUT2D eigenvalue weighted by molar-refractivity contribution is 6.04. The van der Waals surface area contributed by atoms with Crippen LogP contribution in [-0.2, 0) is 11.2 Å². The van der Waals surface area contributed by atoms with E-state index in [9.17, 15) is 9.59 Å². The van der Waals surface area contributed by atoms with Gasteiger partial charge >= 0.3 is 5.63 Å². The summed E-state index contributed by atoms with van der Waals surface area (Å²) in [5, 5.41) is 2.05. The minimum atomic E-state index is -0.437. The maximum atomic E-state index is 12.7. The Morgan fingerprint density at radius 1 is 0.941 bits per heavy atom. The highest BCUT2D eigenvalue weighted by Crippen LogP contribution is 2.28. The van der Waals surface area contributed by atoms with Gasteiger partial charge in [0.05, 0.1) is 12.5 Å². The number of amides is 1. The van der Waals surface area contributed by atoms with Crippen LogP contribution in [0, 0.1) is 5.92 Å². The molecular formula is C28H27NO5. The van der Waals surface area contributed by atoms with Crippen molar-refractivity contribution in [2.45, 2.75) is 19.3 Å². The number of ether oxygens (including phenoxy) is 2. The highest BCUT2D eigenvalue weighted by Gasteiger charge is 2.23. The van der Waals surface area contributed by atoms with Crippen LogP contribution >= 0.6 is 0 Å². The number of methoxy groups -OCH3 is 1. The van der Waals surface area contributed by atoms with Crippen LogP contribution < -0.4 is 15.1 Å². The van der Waals surface area contributed by atoms with Gasteiger partial charge in [-0.3, -0.25) is 4.79 Å². The molecule has 0 N–H and O–H groups in total. The van der Waals surface area contributed by atoms with Crippen LogP contribution in [0.4, 0.5) is 0 Å². The monoisotopic (exact) mass is 457 g/mol. The van der Waals surface area contributed by atoms with Gasteiger partial charge in [-0.1, -0.05) is 30.3 Å². The molecule has 1 amide bonds. The van der Waals surface area contributed by atoms with Crippen molar-refractivity contribution < 1.29 is 18.7 Å². The van der Waals surface area contributed by atoms with Crippen molar-refractivity contribution in [1.29, 1.82) is 0 Å². The summed E-state index contributed by atoms with van der Waals surface area (Å²) < 4.78 is 16.5. The first-order valence-corrected chi connectivity index (χ1v) is 11.6. The SMILES string of the molecule is COc1ccc2c(c1)c(=O)oc1cc(OCC(=O)N3CCC(Cc4ccccc4)CC3)ccc12. The van der Waals surface area contributed by atoms with Crippen molar-refractivity contribution >= 4 is 27.6 Å². The molecule has 174 valence electrons. The van der Waals surface area contributed by atoms with Crippen molar-refractivity contribution in [2.75, 3.05) is 26.8 Å². The fraction of sp³-hybridized carbons (Fsp3) is 0.286. The molecule has 0 bridgehead atoms. The number of rotatable bonds is 6. The average molecular weight is 458 g/mol. The quantitative estimate of drug-likeness (QED) is 0.307. The Morgan fingerprint density at radius 3 is 2.44 bits per heavy atom. The number of carbonyl (C=O) groups is 1. The van der Waals surface area contributed by atoms with Gasteiger partial charge in [0, 0.05) is 29.9 Å². The Hall–Kier alpha value is -3.80. The molecule has 3 aromatic carbocycles. The zero-order chi connectivity index (χ0) is 23.5. The number of piperidine rings is 1. The standard InChI is InChI=1S/C28H27NO5/c1-32-21-7-9-23-24-10-8-22(17-26(24)34-28(31)25(23)16-21)33-18-27(30)29-13-11-20(12-14-29)15-19-5-3-2-4-6-19/h2-10,16-17,20H,11-15,18H2,1H3. The molecule has 1 aliphatic heterocycles. The summed E-state index contributed by atoms with van der Waals surface area (Å²) in [4.78, 5) is 27.0. The van der Waals surface area contributed by atoms with E-state index in [1.807, 2.05) is 29.2 Å². The molecule has 2 heterocycles. The van der Waals surface area contributed by atoms with Gasteiger partial charge < -0.3 is 18.8 Å². The molecule has 4 aromatic rings. The molecule has 34 heavy (non-hydrogen) atoms. The Morgan fingerprint density at radius 2 is 1.68 bits per heavy atom. The van der Waals surface area contributed by atoms with Gasteiger partial charge in [-0.05, 0) is 61.1 Å². The highest BCUT2D eigenvalue weighted by atomic mass is 16.5. The largest absolute Gasteiger partial charge is 0.497 e. The van der Waals surface area contributed by atoms with Crippen molar-refractivity contribution in [3.63, 3.8) is 0 Å². The van der Waals surface area contributed by atoms with Gasteiger partial charge in [0.1, 0.15) is 17.1 Å². The van der Waals surface area contributed by atoms with Gasteiger partial charge in [-0.15, -0.1) is 0 Å². The molecule has 0 unspecified atom stereocenters. The summed E-state index contributed by atoms with van der Waals surface area (Å²) in [6, 6.07) is 21.2. The number of carbonyl (C=O) groups excluding carboxylic acids is 1. The van der Waals surface area contributed by atoms with E-state index in [-0.39, 0.29) is 12.5 Å². The normalized spacial score (nSPS) is 14.4. The predicted octanol–water partition coefficient (Wildman–Crippen LogP) is 4.81. The predicted molar refractivity (Wildman–Crippen MR) is 131 cm³/mol. The summed E-state index contributed by atoms with van der Waals surface area (Å²) in [5.74, 6) is 1.67. The van der Waals surface area contributed by atoms with E-state index in [4.69, 9.17) is 13.9 Å². The van der Waals surface area contributed by atoms with Crippen LogP contribution in [0.3, 0.4) is 0 Å². The molecule has 1 aromatic heterocycles. The van der Waals surface area contributed by atoms with Crippen molar-refractivity contribution in [3.05, 3.63) is 82.7 Å². The number of nitrogens with zero attached hydrogens (tertiary/aromatic N) is 1. The first kappa shape index (κ1) is 22.0. The molecule has 0 saturated carbocycles. The van der Waals surface area contributed by atoms with E-state index < -0.39 is 5.63 Å². The molecule has 0 spiro atoms. The van der Waals surface area contributed by atoms with Crippen LogP contribution in [0.5, 0.6) is 11.5 Å². The van der Waals surface area contributed by atoms with Crippen LogP contribution in [0.2, 0.25) is 0 Å². The maximum Gasteiger partial charge on any atom is 0.344 e.